The van der Waals surface area contributed by atoms with Gasteiger partial charge >= 0.3 is 5.97 Å². The van der Waals surface area contributed by atoms with E-state index in [4.69, 9.17) is 18.9 Å². The van der Waals surface area contributed by atoms with Crippen LogP contribution in [-0.2, 0) is 34.5 Å². The first-order chi connectivity index (χ1) is 21.3. The molecule has 1 amide bonds. The minimum atomic E-state index is -3.67. The Bertz CT molecular complexity index is 1690. The number of methoxy groups -OCH3 is 2. The topological polar surface area (TPSA) is 132 Å². The van der Waals surface area contributed by atoms with Gasteiger partial charge in [-0.3, -0.25) is 14.4 Å². The van der Waals surface area contributed by atoms with Crippen molar-refractivity contribution in [3.63, 3.8) is 0 Å². The maximum atomic E-state index is 14.0. The van der Waals surface area contributed by atoms with Gasteiger partial charge in [0.15, 0.2) is 5.75 Å². The van der Waals surface area contributed by atoms with E-state index in [0.29, 0.717) is 36.5 Å². The third-order valence-electron chi connectivity index (χ3n) is 7.35. The Morgan fingerprint density at radius 1 is 1.00 bits per heavy atom. The van der Waals surface area contributed by atoms with Gasteiger partial charge in [-0.05, 0) is 46.2 Å². The minimum absolute atomic E-state index is 0.0405. The van der Waals surface area contributed by atoms with Crippen molar-refractivity contribution in [1.82, 2.24) is 4.90 Å². The van der Waals surface area contributed by atoms with Crippen LogP contribution in [0.4, 0.5) is 11.4 Å². The highest BCUT2D eigenvalue weighted by atomic mass is 32.2. The Morgan fingerprint density at radius 2 is 1.67 bits per heavy atom. The van der Waals surface area contributed by atoms with E-state index in [1.807, 2.05) is 45.0 Å². The van der Waals surface area contributed by atoms with Crippen molar-refractivity contribution in [2.24, 2.45) is 0 Å². The Kier molecular flexibility index (Phi) is 10.7. The summed E-state index contributed by atoms with van der Waals surface area (Å²) in [4.78, 5) is 28.9. The molecule has 0 saturated carbocycles. The summed E-state index contributed by atoms with van der Waals surface area (Å²) >= 11 is 0. The largest absolute Gasteiger partial charge is 0.492 e. The molecule has 4 rings (SSSR count). The molecule has 0 aliphatic carbocycles. The molecule has 2 N–H and O–H groups in total. The third-order valence-corrected chi connectivity index (χ3v) is 7.94. The quantitative estimate of drug-likeness (QED) is 0.231. The summed E-state index contributed by atoms with van der Waals surface area (Å²) in [6, 6.07) is 14.4. The van der Waals surface area contributed by atoms with Crippen molar-refractivity contribution in [2.75, 3.05) is 70.0 Å². The molecule has 12 heteroatoms. The van der Waals surface area contributed by atoms with Crippen LogP contribution in [0, 0.1) is 0 Å². The number of anilines is 2. The van der Waals surface area contributed by atoms with Gasteiger partial charge in [-0.1, -0.05) is 45.0 Å². The van der Waals surface area contributed by atoms with Crippen molar-refractivity contribution in [3.8, 4) is 11.5 Å². The highest BCUT2D eigenvalue weighted by molar-refractivity contribution is 7.92. The van der Waals surface area contributed by atoms with Crippen molar-refractivity contribution in [3.05, 3.63) is 65.7 Å². The zero-order valence-electron chi connectivity index (χ0n) is 26.6. The fourth-order valence-electron chi connectivity index (χ4n) is 5.02. The smallest absolute Gasteiger partial charge is 0.331 e. The van der Waals surface area contributed by atoms with E-state index in [2.05, 4.69) is 14.9 Å². The highest BCUT2D eigenvalue weighted by Crippen LogP contribution is 2.40. The number of morpholine rings is 1. The predicted octanol–water partition coefficient (Wildman–Crippen LogP) is 4.42. The monoisotopic (exact) mass is 639 g/mol. The number of carbonyl (C=O) groups excluding carboxylic acids is 2. The molecule has 1 fully saturated rings. The molecule has 0 radical (unpaired) electrons. The summed E-state index contributed by atoms with van der Waals surface area (Å²) in [5, 5.41) is 4.32. The number of esters is 1. The fourth-order valence-corrected chi connectivity index (χ4v) is 5.57. The molecule has 3 aromatic carbocycles. The lowest BCUT2D eigenvalue weighted by Gasteiger charge is -2.26. The average molecular weight is 640 g/mol. The summed E-state index contributed by atoms with van der Waals surface area (Å²) in [7, 11) is -1.06. The second-order valence-corrected chi connectivity index (χ2v) is 13.5. The van der Waals surface area contributed by atoms with Crippen LogP contribution in [-0.4, -0.2) is 85.1 Å². The van der Waals surface area contributed by atoms with Crippen LogP contribution >= 0.6 is 0 Å². The number of nitrogens with zero attached hydrogens (tertiary/aromatic N) is 1. The lowest BCUT2D eigenvalue weighted by atomic mass is 9.86. The summed E-state index contributed by atoms with van der Waals surface area (Å²) in [6.45, 7) is 10.2. The maximum Gasteiger partial charge on any atom is 0.331 e. The van der Waals surface area contributed by atoms with Crippen LogP contribution in [0.3, 0.4) is 0 Å². The molecule has 11 nitrogen and oxygen atoms in total. The summed E-state index contributed by atoms with van der Waals surface area (Å²) in [5.41, 5.74) is 1.26. The molecule has 0 spiro atoms. The van der Waals surface area contributed by atoms with E-state index < -0.39 is 27.3 Å². The van der Waals surface area contributed by atoms with Crippen LogP contribution in [0.2, 0.25) is 0 Å². The van der Waals surface area contributed by atoms with E-state index >= 15 is 0 Å². The van der Waals surface area contributed by atoms with Crippen LogP contribution in [0.1, 0.15) is 31.9 Å². The zero-order chi connectivity index (χ0) is 32.8. The summed E-state index contributed by atoms with van der Waals surface area (Å²) in [5.74, 6) is -0.573. The first kappa shape index (κ1) is 33.8. The number of hydrogen-bond donors (Lipinski definition) is 2. The molecule has 0 aromatic heterocycles. The molecule has 0 bridgehead atoms. The van der Waals surface area contributed by atoms with E-state index in [1.165, 1.54) is 14.2 Å². The molecular weight excluding hydrogens is 598 g/mol. The van der Waals surface area contributed by atoms with Crippen molar-refractivity contribution >= 4 is 49.6 Å². The predicted molar refractivity (Wildman–Crippen MR) is 175 cm³/mol. The fraction of sp³-hybridized carbons (Fsp3) is 0.394. The molecule has 1 aliphatic heterocycles. The molecule has 0 atom stereocenters. The van der Waals surface area contributed by atoms with Gasteiger partial charge < -0.3 is 24.3 Å². The van der Waals surface area contributed by atoms with Crippen molar-refractivity contribution < 1.29 is 37.0 Å². The third kappa shape index (κ3) is 8.74. The molecule has 45 heavy (non-hydrogen) atoms. The normalized spacial score (nSPS) is 14.6. The number of nitrogens with one attached hydrogen (secondary N) is 2. The molecular formula is C33H41N3O8S. The molecule has 242 valence electrons. The van der Waals surface area contributed by atoms with Gasteiger partial charge in [-0.15, -0.1) is 0 Å². The first-order valence-corrected chi connectivity index (χ1v) is 16.5. The maximum absolute atomic E-state index is 14.0. The van der Waals surface area contributed by atoms with Gasteiger partial charge in [-0.25, -0.2) is 13.2 Å². The first-order valence-electron chi connectivity index (χ1n) is 14.6. The number of amides is 1. The molecule has 1 heterocycles. The lowest BCUT2D eigenvalue weighted by molar-refractivity contribution is -0.134. The Labute approximate surface area is 264 Å². The van der Waals surface area contributed by atoms with Gasteiger partial charge in [0.05, 0.1) is 50.6 Å². The number of sulfonamides is 1. The van der Waals surface area contributed by atoms with Gasteiger partial charge in [0.1, 0.15) is 12.4 Å². The Morgan fingerprint density at radius 3 is 2.29 bits per heavy atom. The standard InChI is InChI=1S/C33H41N3O8S/c1-33(2,3)22-19-27(31(42-5)28(20-22)35-45(6,39)40)34-32(38)26(21-30(37)41-4)24-11-12-29(25-10-8-7-9-23(24)25)44-18-15-36-13-16-43-17-14-36/h7-12,19-21,35H,13-18H2,1-6H3,(H,34,38)/b26-21-. The number of carbonyl (C=O) groups is 2. The van der Waals surface area contributed by atoms with Crippen molar-refractivity contribution in [2.45, 2.75) is 26.2 Å². The number of rotatable bonds is 11. The SMILES string of the molecule is COC(=O)/C=C(\C(=O)Nc1cc(C(C)(C)C)cc(NS(C)(=O)=O)c1OC)c1ccc(OCCN2CCOCC2)c2ccccc12. The van der Waals surface area contributed by atoms with Crippen LogP contribution in [0.5, 0.6) is 11.5 Å². The number of hydrogen-bond acceptors (Lipinski definition) is 9. The molecule has 1 saturated heterocycles. The van der Waals surface area contributed by atoms with E-state index in [-0.39, 0.29) is 22.7 Å². The van der Waals surface area contributed by atoms with Crippen LogP contribution in [0.25, 0.3) is 16.3 Å². The minimum Gasteiger partial charge on any atom is -0.492 e. The Balaban J connectivity index is 1.74. The van der Waals surface area contributed by atoms with E-state index in [1.54, 1.807) is 24.3 Å². The number of benzene rings is 3. The van der Waals surface area contributed by atoms with Gasteiger partial charge in [0.2, 0.25) is 10.0 Å². The molecule has 3 aromatic rings. The lowest BCUT2D eigenvalue weighted by Crippen LogP contribution is -2.38. The average Bonchev–Trinajstić information content (AvgIpc) is 2.99. The highest BCUT2D eigenvalue weighted by Gasteiger charge is 2.25. The van der Waals surface area contributed by atoms with Gasteiger partial charge in [0, 0.05) is 31.1 Å². The number of ether oxygens (including phenoxy) is 4. The zero-order valence-corrected chi connectivity index (χ0v) is 27.4. The van der Waals surface area contributed by atoms with Crippen LogP contribution in [0.15, 0.2) is 54.6 Å². The Hall–Kier alpha value is -4.13. The molecule has 1 aliphatic rings. The van der Waals surface area contributed by atoms with Crippen molar-refractivity contribution in [1.29, 1.82) is 0 Å². The van der Waals surface area contributed by atoms with Crippen LogP contribution < -0.4 is 19.5 Å². The second-order valence-electron chi connectivity index (χ2n) is 11.7. The summed E-state index contributed by atoms with van der Waals surface area (Å²) in [6.07, 6.45) is 2.17. The van der Waals surface area contributed by atoms with E-state index in [9.17, 15) is 18.0 Å². The van der Waals surface area contributed by atoms with Gasteiger partial charge in [0.25, 0.3) is 5.91 Å². The van der Waals surface area contributed by atoms with E-state index in [0.717, 1.165) is 42.9 Å². The second kappa shape index (κ2) is 14.3. The summed E-state index contributed by atoms with van der Waals surface area (Å²) < 4.78 is 48.9. The van der Waals surface area contributed by atoms with Gasteiger partial charge in [-0.2, -0.15) is 0 Å². The molecule has 0 unspecified atom stereocenters. The number of fused-ring (bicyclic) bond motifs is 1.